The summed E-state index contributed by atoms with van der Waals surface area (Å²) in [6.07, 6.45) is 1.26. The molecule has 1 aromatic rings. The summed E-state index contributed by atoms with van der Waals surface area (Å²) < 4.78 is 0. The van der Waals surface area contributed by atoms with E-state index in [9.17, 15) is 0 Å². The van der Waals surface area contributed by atoms with E-state index in [1.165, 1.54) is 44.7 Å². The van der Waals surface area contributed by atoms with Gasteiger partial charge in [0.25, 0.3) is 0 Å². The highest BCUT2D eigenvalue weighted by molar-refractivity contribution is 5.39. The number of nitrogens with two attached hydrogens (primary N) is 1. The van der Waals surface area contributed by atoms with Crippen LogP contribution in [0.1, 0.15) is 18.9 Å². The van der Waals surface area contributed by atoms with E-state index >= 15 is 0 Å². The van der Waals surface area contributed by atoms with Crippen LogP contribution in [-0.4, -0.2) is 42.5 Å². The zero-order valence-electron chi connectivity index (χ0n) is 10.7. The van der Waals surface area contributed by atoms with Crippen LogP contribution in [0.5, 0.6) is 0 Å². The number of hydrogen-bond acceptors (Lipinski definition) is 3. The fourth-order valence-electron chi connectivity index (χ4n) is 2.37. The molecule has 0 radical (unpaired) electrons. The Balaban J connectivity index is 1.79. The molecular weight excluding hydrogens is 210 g/mol. The quantitative estimate of drug-likeness (QED) is 0.805. The molecule has 0 atom stereocenters. The van der Waals surface area contributed by atoms with Crippen molar-refractivity contribution in [2.45, 2.75) is 19.9 Å². The lowest BCUT2D eigenvalue weighted by Crippen LogP contribution is -2.45. The summed E-state index contributed by atoms with van der Waals surface area (Å²) in [5.41, 5.74) is 7.90. The van der Waals surface area contributed by atoms with Gasteiger partial charge >= 0.3 is 0 Å². The number of piperazine rings is 1. The van der Waals surface area contributed by atoms with E-state index in [1.54, 1.807) is 0 Å². The summed E-state index contributed by atoms with van der Waals surface area (Å²) in [6, 6.07) is 8.24. The lowest BCUT2D eigenvalue weighted by molar-refractivity contribution is 0.127. The molecule has 0 saturated carbocycles. The number of rotatable bonds is 4. The summed E-state index contributed by atoms with van der Waals surface area (Å²) in [6.45, 7) is 9.34. The second kappa shape index (κ2) is 6.03. The topological polar surface area (TPSA) is 32.5 Å². The van der Waals surface area contributed by atoms with Gasteiger partial charge in [0, 0.05) is 38.4 Å². The first-order valence-corrected chi connectivity index (χ1v) is 6.57. The van der Waals surface area contributed by atoms with Crippen molar-refractivity contribution in [3.05, 3.63) is 29.8 Å². The van der Waals surface area contributed by atoms with Crippen molar-refractivity contribution in [3.8, 4) is 0 Å². The molecule has 2 N–H and O–H groups in total. The van der Waals surface area contributed by atoms with Crippen LogP contribution < -0.4 is 5.73 Å². The SMILES string of the molecule is CCCN1CCN(Cc2ccc(N)cc2)CC1. The molecule has 1 heterocycles. The molecule has 0 aliphatic carbocycles. The van der Waals surface area contributed by atoms with Crippen LogP contribution >= 0.6 is 0 Å². The van der Waals surface area contributed by atoms with Crippen LogP contribution in [-0.2, 0) is 6.54 Å². The zero-order valence-corrected chi connectivity index (χ0v) is 10.7. The minimum absolute atomic E-state index is 0.849. The Labute approximate surface area is 104 Å². The van der Waals surface area contributed by atoms with Gasteiger partial charge in [-0.1, -0.05) is 19.1 Å². The standard InChI is InChI=1S/C14H23N3/c1-2-7-16-8-10-17(11-9-16)12-13-3-5-14(15)6-4-13/h3-6H,2,7-12,15H2,1H3. The molecular formula is C14H23N3. The largest absolute Gasteiger partial charge is 0.399 e. The smallest absolute Gasteiger partial charge is 0.0314 e. The van der Waals surface area contributed by atoms with Crippen LogP contribution in [0.25, 0.3) is 0 Å². The second-order valence-corrected chi connectivity index (χ2v) is 4.86. The maximum Gasteiger partial charge on any atom is 0.0314 e. The third kappa shape index (κ3) is 3.72. The summed E-state index contributed by atoms with van der Waals surface area (Å²) >= 11 is 0. The van der Waals surface area contributed by atoms with Gasteiger partial charge in [-0.3, -0.25) is 4.90 Å². The molecule has 1 saturated heterocycles. The molecule has 1 aliphatic rings. The van der Waals surface area contributed by atoms with E-state index in [0.29, 0.717) is 0 Å². The molecule has 0 amide bonds. The molecule has 3 nitrogen and oxygen atoms in total. The average Bonchev–Trinajstić information content (AvgIpc) is 2.35. The van der Waals surface area contributed by atoms with E-state index in [2.05, 4.69) is 28.9 Å². The van der Waals surface area contributed by atoms with E-state index in [1.807, 2.05) is 12.1 Å². The normalized spacial score (nSPS) is 18.4. The zero-order chi connectivity index (χ0) is 12.1. The van der Waals surface area contributed by atoms with Crippen molar-refractivity contribution in [1.82, 2.24) is 9.80 Å². The van der Waals surface area contributed by atoms with Gasteiger partial charge in [-0.25, -0.2) is 0 Å². The third-order valence-electron chi connectivity index (χ3n) is 3.39. The fourth-order valence-corrected chi connectivity index (χ4v) is 2.37. The maximum absolute atomic E-state index is 5.69. The molecule has 3 heteroatoms. The second-order valence-electron chi connectivity index (χ2n) is 4.86. The van der Waals surface area contributed by atoms with Gasteiger partial charge in [-0.2, -0.15) is 0 Å². The lowest BCUT2D eigenvalue weighted by Gasteiger charge is -2.34. The van der Waals surface area contributed by atoms with Gasteiger partial charge in [-0.05, 0) is 30.7 Å². The van der Waals surface area contributed by atoms with Gasteiger partial charge in [0.15, 0.2) is 0 Å². The predicted molar refractivity (Wildman–Crippen MR) is 72.9 cm³/mol. The molecule has 0 unspecified atom stereocenters. The Hall–Kier alpha value is -1.06. The summed E-state index contributed by atoms with van der Waals surface area (Å²) in [7, 11) is 0. The van der Waals surface area contributed by atoms with Crippen LogP contribution in [0.2, 0.25) is 0 Å². The Kier molecular flexibility index (Phi) is 4.40. The average molecular weight is 233 g/mol. The Morgan fingerprint density at radius 2 is 1.59 bits per heavy atom. The highest BCUT2D eigenvalue weighted by Crippen LogP contribution is 2.10. The van der Waals surface area contributed by atoms with Crippen LogP contribution in [0, 0.1) is 0 Å². The number of benzene rings is 1. The van der Waals surface area contributed by atoms with Crippen molar-refractivity contribution in [1.29, 1.82) is 0 Å². The Morgan fingerprint density at radius 1 is 1.00 bits per heavy atom. The first kappa shape index (κ1) is 12.4. The van der Waals surface area contributed by atoms with Gasteiger partial charge < -0.3 is 10.6 Å². The molecule has 2 rings (SSSR count). The first-order chi connectivity index (χ1) is 8.28. The fraction of sp³-hybridized carbons (Fsp3) is 0.571. The Morgan fingerprint density at radius 3 is 2.18 bits per heavy atom. The number of nitrogens with zero attached hydrogens (tertiary/aromatic N) is 2. The van der Waals surface area contributed by atoms with Gasteiger partial charge in [0.1, 0.15) is 0 Å². The highest BCUT2D eigenvalue weighted by atomic mass is 15.3. The van der Waals surface area contributed by atoms with Crippen LogP contribution in [0.15, 0.2) is 24.3 Å². The minimum Gasteiger partial charge on any atom is -0.399 e. The summed E-state index contributed by atoms with van der Waals surface area (Å²) in [5.74, 6) is 0. The van der Waals surface area contributed by atoms with Crippen molar-refractivity contribution >= 4 is 5.69 Å². The first-order valence-electron chi connectivity index (χ1n) is 6.57. The summed E-state index contributed by atoms with van der Waals surface area (Å²) in [4.78, 5) is 5.08. The number of hydrogen-bond donors (Lipinski definition) is 1. The van der Waals surface area contributed by atoms with Gasteiger partial charge in [-0.15, -0.1) is 0 Å². The van der Waals surface area contributed by atoms with Crippen molar-refractivity contribution < 1.29 is 0 Å². The third-order valence-corrected chi connectivity index (χ3v) is 3.39. The molecule has 0 aromatic heterocycles. The summed E-state index contributed by atoms with van der Waals surface area (Å²) in [5, 5.41) is 0. The molecule has 94 valence electrons. The molecule has 1 aliphatic heterocycles. The molecule has 0 spiro atoms. The van der Waals surface area contributed by atoms with E-state index < -0.39 is 0 Å². The van der Waals surface area contributed by atoms with Crippen LogP contribution in [0.4, 0.5) is 5.69 Å². The molecule has 17 heavy (non-hydrogen) atoms. The Bertz CT molecular complexity index is 326. The van der Waals surface area contributed by atoms with Gasteiger partial charge in [0.2, 0.25) is 0 Å². The van der Waals surface area contributed by atoms with E-state index in [4.69, 9.17) is 5.73 Å². The van der Waals surface area contributed by atoms with Crippen LogP contribution in [0.3, 0.4) is 0 Å². The van der Waals surface area contributed by atoms with E-state index in [-0.39, 0.29) is 0 Å². The van der Waals surface area contributed by atoms with Crippen molar-refractivity contribution in [2.75, 3.05) is 38.5 Å². The predicted octanol–water partition coefficient (Wildman–Crippen LogP) is 1.80. The number of nitrogen functional groups attached to an aromatic ring is 1. The van der Waals surface area contributed by atoms with E-state index in [0.717, 1.165) is 12.2 Å². The minimum atomic E-state index is 0.849. The highest BCUT2D eigenvalue weighted by Gasteiger charge is 2.15. The molecule has 1 aromatic carbocycles. The number of anilines is 1. The lowest BCUT2D eigenvalue weighted by atomic mass is 10.2. The van der Waals surface area contributed by atoms with Gasteiger partial charge in [0.05, 0.1) is 0 Å². The monoisotopic (exact) mass is 233 g/mol. The molecule has 0 bridgehead atoms. The molecule has 1 fully saturated rings. The van der Waals surface area contributed by atoms with Crippen molar-refractivity contribution in [3.63, 3.8) is 0 Å². The maximum atomic E-state index is 5.69. The van der Waals surface area contributed by atoms with Crippen molar-refractivity contribution in [2.24, 2.45) is 0 Å².